The summed E-state index contributed by atoms with van der Waals surface area (Å²) in [6.45, 7) is 3.41. The van der Waals surface area contributed by atoms with E-state index in [1.165, 1.54) is 24.0 Å². The summed E-state index contributed by atoms with van der Waals surface area (Å²) >= 11 is 0. The largest absolute Gasteiger partial charge is 0.495 e. The maximum Gasteiger partial charge on any atom is 0.142 e. The van der Waals surface area contributed by atoms with Gasteiger partial charge < -0.3 is 15.8 Å². The smallest absolute Gasteiger partial charge is 0.142 e. The molecule has 0 saturated carbocycles. The molecule has 2 aliphatic heterocycles. The molecule has 19 heavy (non-hydrogen) atoms. The van der Waals surface area contributed by atoms with E-state index in [0.717, 1.165) is 43.9 Å². The number of nitrogen functional groups attached to an aromatic ring is 1. The summed E-state index contributed by atoms with van der Waals surface area (Å²) in [6, 6.07) is 4.22. The molecule has 4 nitrogen and oxygen atoms in total. The van der Waals surface area contributed by atoms with Crippen LogP contribution in [0.3, 0.4) is 0 Å². The monoisotopic (exact) mass is 261 g/mol. The molecule has 1 aromatic carbocycles. The second kappa shape index (κ2) is 5.39. The minimum atomic E-state index is 0.577. The van der Waals surface area contributed by atoms with E-state index in [-0.39, 0.29) is 0 Å². The minimum absolute atomic E-state index is 0.577. The number of methoxy groups -OCH3 is 1. The van der Waals surface area contributed by atoms with E-state index in [2.05, 4.69) is 22.3 Å². The molecule has 0 bridgehead atoms. The highest BCUT2D eigenvalue weighted by molar-refractivity contribution is 5.57. The van der Waals surface area contributed by atoms with Gasteiger partial charge in [-0.15, -0.1) is 0 Å². The van der Waals surface area contributed by atoms with Crippen LogP contribution in [0.1, 0.15) is 24.0 Å². The van der Waals surface area contributed by atoms with Crippen LogP contribution in [0, 0.1) is 0 Å². The van der Waals surface area contributed by atoms with Crippen molar-refractivity contribution in [2.75, 3.05) is 32.5 Å². The second-order valence-corrected chi connectivity index (χ2v) is 5.51. The number of nitrogens with zero attached hydrogens (tertiary/aromatic N) is 1. The molecule has 1 unspecified atom stereocenters. The Labute approximate surface area is 114 Å². The average Bonchev–Trinajstić information content (AvgIpc) is 2.87. The van der Waals surface area contributed by atoms with E-state index >= 15 is 0 Å². The molecule has 104 valence electrons. The lowest BCUT2D eigenvalue weighted by atomic mass is 10.0. The third-order valence-electron chi connectivity index (χ3n) is 4.36. The van der Waals surface area contributed by atoms with E-state index in [0.29, 0.717) is 6.17 Å². The lowest BCUT2D eigenvalue weighted by Crippen LogP contribution is -2.43. The van der Waals surface area contributed by atoms with E-state index in [4.69, 9.17) is 10.5 Å². The summed E-state index contributed by atoms with van der Waals surface area (Å²) in [5, 5.41) is 3.59. The first-order valence-electron chi connectivity index (χ1n) is 7.20. The molecule has 0 aliphatic carbocycles. The standard InChI is InChI=1S/C15H23N3O/c1-19-14-10-12-5-8-18(15-3-2-6-17-15)7-4-11(12)9-13(14)16/h9-10,15,17H,2-8,16H2,1H3. The van der Waals surface area contributed by atoms with Crippen LogP contribution in [0.4, 0.5) is 5.69 Å². The average molecular weight is 261 g/mol. The van der Waals surface area contributed by atoms with Gasteiger partial charge in [-0.3, -0.25) is 4.90 Å². The molecule has 0 amide bonds. The highest BCUT2D eigenvalue weighted by atomic mass is 16.5. The number of hydrogen-bond donors (Lipinski definition) is 2. The van der Waals surface area contributed by atoms with Crippen molar-refractivity contribution >= 4 is 5.69 Å². The second-order valence-electron chi connectivity index (χ2n) is 5.51. The van der Waals surface area contributed by atoms with Gasteiger partial charge in [0.1, 0.15) is 5.75 Å². The van der Waals surface area contributed by atoms with Crippen LogP contribution in [0.5, 0.6) is 5.75 Å². The summed E-state index contributed by atoms with van der Waals surface area (Å²) < 4.78 is 5.33. The van der Waals surface area contributed by atoms with Crippen molar-refractivity contribution in [1.82, 2.24) is 10.2 Å². The lowest BCUT2D eigenvalue weighted by Gasteiger charge is -2.27. The minimum Gasteiger partial charge on any atom is -0.495 e. The Morgan fingerprint density at radius 3 is 2.63 bits per heavy atom. The summed E-state index contributed by atoms with van der Waals surface area (Å²) in [4.78, 5) is 2.58. The molecule has 1 aromatic rings. The van der Waals surface area contributed by atoms with Gasteiger partial charge in [0.25, 0.3) is 0 Å². The van der Waals surface area contributed by atoms with Crippen LogP contribution >= 0.6 is 0 Å². The molecular weight excluding hydrogens is 238 g/mol. The molecule has 3 N–H and O–H groups in total. The van der Waals surface area contributed by atoms with Crippen molar-refractivity contribution < 1.29 is 4.74 Å². The van der Waals surface area contributed by atoms with E-state index < -0.39 is 0 Å². The highest BCUT2D eigenvalue weighted by Gasteiger charge is 2.24. The number of nitrogens with two attached hydrogens (primary N) is 1. The first kappa shape index (κ1) is 12.8. The maximum atomic E-state index is 6.01. The van der Waals surface area contributed by atoms with Crippen LogP contribution in [-0.2, 0) is 12.8 Å². The Balaban J connectivity index is 1.77. The van der Waals surface area contributed by atoms with E-state index in [1.54, 1.807) is 7.11 Å². The highest BCUT2D eigenvalue weighted by Crippen LogP contribution is 2.28. The molecule has 1 atom stereocenters. The van der Waals surface area contributed by atoms with Crippen molar-refractivity contribution in [2.24, 2.45) is 0 Å². The van der Waals surface area contributed by atoms with Gasteiger partial charge in [0, 0.05) is 13.1 Å². The number of ether oxygens (including phenoxy) is 1. The van der Waals surface area contributed by atoms with E-state index in [1.807, 2.05) is 0 Å². The Hall–Kier alpha value is -1.26. The van der Waals surface area contributed by atoms with Gasteiger partial charge in [0.05, 0.1) is 19.0 Å². The normalized spacial score (nSPS) is 23.9. The molecule has 3 rings (SSSR count). The summed E-state index contributed by atoms with van der Waals surface area (Å²) in [6.07, 6.45) is 5.33. The van der Waals surface area contributed by atoms with Crippen LogP contribution in [0.25, 0.3) is 0 Å². The number of nitrogens with one attached hydrogen (secondary N) is 1. The number of hydrogen-bond acceptors (Lipinski definition) is 4. The van der Waals surface area contributed by atoms with Crippen molar-refractivity contribution in [1.29, 1.82) is 0 Å². The zero-order chi connectivity index (χ0) is 13.2. The zero-order valence-corrected chi connectivity index (χ0v) is 11.6. The predicted molar refractivity (Wildman–Crippen MR) is 77.4 cm³/mol. The maximum absolute atomic E-state index is 6.01. The Kier molecular flexibility index (Phi) is 3.62. The van der Waals surface area contributed by atoms with Crippen LogP contribution in [0.2, 0.25) is 0 Å². The van der Waals surface area contributed by atoms with Crippen LogP contribution < -0.4 is 15.8 Å². The number of anilines is 1. The van der Waals surface area contributed by atoms with E-state index in [9.17, 15) is 0 Å². The van der Waals surface area contributed by atoms with Crippen molar-refractivity contribution in [3.8, 4) is 5.75 Å². The molecule has 4 heteroatoms. The number of fused-ring (bicyclic) bond motifs is 1. The summed E-state index contributed by atoms with van der Waals surface area (Å²) in [7, 11) is 1.68. The fourth-order valence-corrected chi connectivity index (χ4v) is 3.26. The van der Waals surface area contributed by atoms with Crippen molar-refractivity contribution in [3.63, 3.8) is 0 Å². The van der Waals surface area contributed by atoms with Gasteiger partial charge >= 0.3 is 0 Å². The summed E-state index contributed by atoms with van der Waals surface area (Å²) in [5.41, 5.74) is 9.55. The molecule has 0 spiro atoms. The topological polar surface area (TPSA) is 50.5 Å². The first-order valence-corrected chi connectivity index (χ1v) is 7.20. The first-order chi connectivity index (χ1) is 9.28. The summed E-state index contributed by atoms with van der Waals surface area (Å²) in [5.74, 6) is 0.811. The quantitative estimate of drug-likeness (QED) is 0.790. The van der Waals surface area contributed by atoms with Gasteiger partial charge in [0.2, 0.25) is 0 Å². The molecular formula is C15H23N3O. The molecule has 0 aromatic heterocycles. The Morgan fingerprint density at radius 2 is 2.00 bits per heavy atom. The molecule has 2 heterocycles. The fourth-order valence-electron chi connectivity index (χ4n) is 3.26. The predicted octanol–water partition coefficient (Wildman–Crippen LogP) is 1.39. The van der Waals surface area contributed by atoms with Crippen molar-refractivity contribution in [2.45, 2.75) is 31.8 Å². The number of rotatable bonds is 2. The number of benzene rings is 1. The van der Waals surface area contributed by atoms with Gasteiger partial charge in [0.15, 0.2) is 0 Å². The third-order valence-corrected chi connectivity index (χ3v) is 4.36. The third kappa shape index (κ3) is 2.55. The van der Waals surface area contributed by atoms with Gasteiger partial charge in [-0.25, -0.2) is 0 Å². The van der Waals surface area contributed by atoms with Crippen molar-refractivity contribution in [3.05, 3.63) is 23.3 Å². The van der Waals surface area contributed by atoms with Gasteiger partial charge in [-0.1, -0.05) is 0 Å². The lowest BCUT2D eigenvalue weighted by molar-refractivity contribution is 0.190. The Bertz CT molecular complexity index is 455. The fraction of sp³-hybridized carbons (Fsp3) is 0.600. The zero-order valence-electron chi connectivity index (χ0n) is 11.6. The van der Waals surface area contributed by atoms with Gasteiger partial charge in [-0.05, 0) is 55.5 Å². The molecule has 0 radical (unpaired) electrons. The van der Waals surface area contributed by atoms with Crippen LogP contribution in [-0.4, -0.2) is 37.8 Å². The Morgan fingerprint density at radius 1 is 1.26 bits per heavy atom. The SMILES string of the molecule is COc1cc2c(cc1N)CCN(C1CCCN1)CC2. The van der Waals surface area contributed by atoms with Crippen LogP contribution in [0.15, 0.2) is 12.1 Å². The van der Waals surface area contributed by atoms with Gasteiger partial charge in [-0.2, -0.15) is 0 Å². The molecule has 1 saturated heterocycles. The molecule has 2 aliphatic rings. The molecule has 1 fully saturated rings.